The quantitative estimate of drug-likeness (QED) is 0.740. The Morgan fingerprint density at radius 2 is 2.21 bits per heavy atom. The number of hydrogen-bond donors (Lipinski definition) is 3. The van der Waals surface area contributed by atoms with Crippen LogP contribution in [-0.4, -0.2) is 27.0 Å². The number of carbonyl (C=O) groups is 1. The van der Waals surface area contributed by atoms with Crippen molar-refractivity contribution in [2.24, 2.45) is 11.7 Å². The Kier molecular flexibility index (Phi) is 5.14. The molecular formula is C16H20N4O3S. The molecule has 1 amide bonds. The van der Waals surface area contributed by atoms with Gasteiger partial charge in [-0.2, -0.15) is 4.37 Å². The first-order valence-electron chi connectivity index (χ1n) is 7.98. The van der Waals surface area contributed by atoms with Gasteiger partial charge in [0.25, 0.3) is 5.91 Å². The van der Waals surface area contributed by atoms with E-state index in [9.17, 15) is 9.90 Å². The molecule has 4 N–H and O–H groups in total. The van der Waals surface area contributed by atoms with Crippen molar-refractivity contribution in [2.45, 2.75) is 32.1 Å². The molecule has 1 saturated carbocycles. The molecule has 0 saturated heterocycles. The second-order valence-corrected chi connectivity index (χ2v) is 6.64. The number of aromatic nitrogens is 2. The molecule has 0 aromatic carbocycles. The van der Waals surface area contributed by atoms with Gasteiger partial charge < -0.3 is 20.9 Å². The van der Waals surface area contributed by atoms with Gasteiger partial charge >= 0.3 is 0 Å². The summed E-state index contributed by atoms with van der Waals surface area (Å²) in [6.07, 6.45) is 7.54. The zero-order valence-electron chi connectivity index (χ0n) is 13.2. The summed E-state index contributed by atoms with van der Waals surface area (Å²) in [5.41, 5.74) is 5.68. The smallest absolute Gasteiger partial charge is 0.257 e. The van der Waals surface area contributed by atoms with Crippen LogP contribution >= 0.6 is 11.5 Å². The number of rotatable bonds is 6. The van der Waals surface area contributed by atoms with Gasteiger partial charge in [-0.25, -0.2) is 4.98 Å². The van der Waals surface area contributed by atoms with Crippen molar-refractivity contribution in [1.82, 2.24) is 9.36 Å². The van der Waals surface area contributed by atoms with Crippen LogP contribution in [0.4, 0.5) is 10.8 Å². The van der Waals surface area contributed by atoms with Crippen LogP contribution < -0.4 is 15.8 Å². The second-order valence-electron chi connectivity index (χ2n) is 5.87. The van der Waals surface area contributed by atoms with Crippen LogP contribution in [0.2, 0.25) is 0 Å². The zero-order valence-corrected chi connectivity index (χ0v) is 14.0. The summed E-state index contributed by atoms with van der Waals surface area (Å²) in [5.74, 6) is 0.335. The van der Waals surface area contributed by atoms with E-state index in [0.29, 0.717) is 17.5 Å². The van der Waals surface area contributed by atoms with Crippen LogP contribution in [0.25, 0.3) is 0 Å². The Bertz CT molecular complexity index is 713. The van der Waals surface area contributed by atoms with Gasteiger partial charge in [0, 0.05) is 6.20 Å². The molecule has 0 radical (unpaired) electrons. The molecule has 7 nitrogen and oxygen atoms in total. The van der Waals surface area contributed by atoms with Crippen molar-refractivity contribution in [3.05, 3.63) is 23.9 Å². The molecule has 3 rings (SSSR count). The highest BCUT2D eigenvalue weighted by Gasteiger charge is 2.23. The van der Waals surface area contributed by atoms with E-state index in [4.69, 9.17) is 10.5 Å². The van der Waals surface area contributed by atoms with Gasteiger partial charge in [0.05, 0.1) is 6.61 Å². The third-order valence-corrected chi connectivity index (χ3v) is 4.85. The minimum Gasteiger partial charge on any atom is -0.504 e. The highest BCUT2D eigenvalue weighted by molar-refractivity contribution is 7.11. The first kappa shape index (κ1) is 16.5. The Balaban J connectivity index is 1.75. The van der Waals surface area contributed by atoms with Gasteiger partial charge in [-0.05, 0) is 42.4 Å². The van der Waals surface area contributed by atoms with Crippen molar-refractivity contribution in [1.29, 1.82) is 0 Å². The highest BCUT2D eigenvalue weighted by Crippen LogP contribution is 2.35. The standard InChI is InChI=1S/C16H20N4O3S/c17-13(22)12-15(23-9-10-5-2-1-3-6-10)20-24-16(12)19-14-11(21)7-4-8-18-14/h4,7-8,10,21H,1-3,5-6,9H2,(H2,17,22)(H,18,19). The molecule has 8 heteroatoms. The van der Waals surface area contributed by atoms with Crippen molar-refractivity contribution < 1.29 is 14.6 Å². The molecule has 0 atom stereocenters. The number of pyridine rings is 1. The van der Waals surface area contributed by atoms with Crippen LogP contribution in [0, 0.1) is 5.92 Å². The number of nitrogens with two attached hydrogens (primary N) is 1. The maximum absolute atomic E-state index is 11.8. The van der Waals surface area contributed by atoms with Gasteiger partial charge in [0.15, 0.2) is 11.6 Å². The summed E-state index contributed by atoms with van der Waals surface area (Å²) < 4.78 is 9.96. The molecule has 0 aliphatic heterocycles. The molecule has 0 bridgehead atoms. The van der Waals surface area contributed by atoms with Crippen molar-refractivity contribution in [3.63, 3.8) is 0 Å². The van der Waals surface area contributed by atoms with E-state index >= 15 is 0 Å². The third-order valence-electron chi connectivity index (χ3n) is 4.11. The van der Waals surface area contributed by atoms with Gasteiger partial charge in [0.2, 0.25) is 5.88 Å². The van der Waals surface area contributed by atoms with E-state index in [1.807, 2.05) is 0 Å². The topological polar surface area (TPSA) is 110 Å². The van der Waals surface area contributed by atoms with Gasteiger partial charge in [-0.15, -0.1) is 0 Å². The number of amides is 1. The van der Waals surface area contributed by atoms with E-state index in [1.165, 1.54) is 31.5 Å². The van der Waals surface area contributed by atoms with Crippen molar-refractivity contribution in [2.75, 3.05) is 11.9 Å². The van der Waals surface area contributed by atoms with Crippen molar-refractivity contribution in [3.8, 4) is 11.6 Å². The van der Waals surface area contributed by atoms with E-state index in [1.54, 1.807) is 6.07 Å². The average molecular weight is 348 g/mol. The summed E-state index contributed by atoms with van der Waals surface area (Å²) in [4.78, 5) is 15.8. The molecule has 2 aromatic rings. The van der Waals surface area contributed by atoms with Gasteiger partial charge in [0.1, 0.15) is 10.6 Å². The number of hydrogen-bond acceptors (Lipinski definition) is 7. The Morgan fingerprint density at radius 3 is 2.92 bits per heavy atom. The molecule has 128 valence electrons. The summed E-state index contributed by atoms with van der Waals surface area (Å²) in [7, 11) is 0. The number of primary amides is 1. The van der Waals surface area contributed by atoms with Crippen molar-refractivity contribution >= 4 is 28.3 Å². The molecule has 1 fully saturated rings. The number of ether oxygens (including phenoxy) is 1. The van der Waals surface area contributed by atoms with Crippen LogP contribution in [0.5, 0.6) is 11.6 Å². The van der Waals surface area contributed by atoms with E-state index in [2.05, 4.69) is 14.7 Å². The largest absolute Gasteiger partial charge is 0.504 e. The number of aromatic hydroxyl groups is 1. The Morgan fingerprint density at radius 1 is 1.42 bits per heavy atom. The number of carbonyl (C=O) groups excluding carboxylic acids is 1. The van der Waals surface area contributed by atoms with E-state index in [0.717, 1.165) is 24.4 Å². The van der Waals surface area contributed by atoms with Crippen LogP contribution in [0.1, 0.15) is 42.5 Å². The zero-order chi connectivity index (χ0) is 16.9. The first-order valence-corrected chi connectivity index (χ1v) is 8.75. The lowest BCUT2D eigenvalue weighted by Crippen LogP contribution is -2.18. The fourth-order valence-corrected chi connectivity index (χ4v) is 3.57. The lowest BCUT2D eigenvalue weighted by atomic mass is 9.90. The maximum Gasteiger partial charge on any atom is 0.257 e. The number of nitrogens with zero attached hydrogens (tertiary/aromatic N) is 2. The minimum absolute atomic E-state index is 0.0222. The normalized spacial score (nSPS) is 15.2. The van der Waals surface area contributed by atoms with E-state index in [-0.39, 0.29) is 23.0 Å². The fourth-order valence-electron chi connectivity index (χ4n) is 2.83. The molecule has 1 aliphatic rings. The minimum atomic E-state index is -0.625. The van der Waals surface area contributed by atoms with Gasteiger partial charge in [-0.1, -0.05) is 19.3 Å². The summed E-state index contributed by atoms with van der Waals surface area (Å²) >= 11 is 1.06. The summed E-state index contributed by atoms with van der Waals surface area (Å²) in [5, 5.41) is 13.1. The Labute approximate surface area is 144 Å². The van der Waals surface area contributed by atoms with Crippen LogP contribution in [-0.2, 0) is 0 Å². The van der Waals surface area contributed by atoms with Crippen LogP contribution in [0.15, 0.2) is 18.3 Å². The van der Waals surface area contributed by atoms with Gasteiger partial charge in [-0.3, -0.25) is 4.79 Å². The molecule has 2 aromatic heterocycles. The van der Waals surface area contributed by atoms with Crippen LogP contribution in [0.3, 0.4) is 0 Å². The average Bonchev–Trinajstić information content (AvgIpc) is 2.99. The molecule has 1 aliphatic carbocycles. The predicted octanol–water partition coefficient (Wildman–Crippen LogP) is 3.05. The summed E-state index contributed by atoms with van der Waals surface area (Å²) in [6, 6.07) is 3.11. The highest BCUT2D eigenvalue weighted by atomic mass is 32.1. The molecule has 0 spiro atoms. The molecule has 24 heavy (non-hydrogen) atoms. The first-order chi connectivity index (χ1) is 11.6. The summed E-state index contributed by atoms with van der Waals surface area (Å²) in [6.45, 7) is 0.540. The number of nitrogens with one attached hydrogen (secondary N) is 1. The van der Waals surface area contributed by atoms with E-state index < -0.39 is 5.91 Å². The maximum atomic E-state index is 11.8. The molecule has 0 unspecified atom stereocenters. The SMILES string of the molecule is NC(=O)c1c(OCC2CCCCC2)nsc1Nc1ncccc1O. The monoisotopic (exact) mass is 348 g/mol. The molecular weight excluding hydrogens is 328 g/mol. The number of anilines is 2. The third kappa shape index (κ3) is 3.76. The lowest BCUT2D eigenvalue weighted by Gasteiger charge is -2.21. The fraction of sp³-hybridized carbons (Fsp3) is 0.438. The predicted molar refractivity (Wildman–Crippen MR) is 91.9 cm³/mol. The molecule has 2 heterocycles. The lowest BCUT2D eigenvalue weighted by molar-refractivity contribution is 0.0995. The second kappa shape index (κ2) is 7.48. The Hall–Kier alpha value is -2.35.